The van der Waals surface area contributed by atoms with Crippen LogP contribution in [-0.4, -0.2) is 21.9 Å². The molecule has 0 aliphatic rings. The highest BCUT2D eigenvalue weighted by Crippen LogP contribution is 2.22. The molecule has 0 bridgehead atoms. The summed E-state index contributed by atoms with van der Waals surface area (Å²) in [6.07, 6.45) is 2.64. The molecule has 18 heavy (non-hydrogen) atoms. The van der Waals surface area contributed by atoms with E-state index in [1.807, 2.05) is 14.0 Å². The predicted octanol–water partition coefficient (Wildman–Crippen LogP) is 2.67. The first-order valence-corrected chi connectivity index (χ1v) is 6.92. The van der Waals surface area contributed by atoms with Crippen molar-refractivity contribution in [1.29, 1.82) is 0 Å². The van der Waals surface area contributed by atoms with Crippen molar-refractivity contribution in [2.45, 2.75) is 52.2 Å². The minimum Gasteiger partial charge on any atom is -0.373 e. The Hall–Kier alpha value is -0.580. The quantitative estimate of drug-likeness (QED) is 0.831. The summed E-state index contributed by atoms with van der Waals surface area (Å²) in [7, 11) is 1.89. The lowest BCUT2D eigenvalue weighted by molar-refractivity contribution is 0.0661. The van der Waals surface area contributed by atoms with Gasteiger partial charge in [-0.1, -0.05) is 32.4 Å². The Morgan fingerprint density at radius 1 is 1.33 bits per heavy atom. The molecule has 0 spiro atoms. The van der Waals surface area contributed by atoms with Gasteiger partial charge in [0.1, 0.15) is 0 Å². The molecule has 0 radical (unpaired) electrons. The average molecular weight is 274 g/mol. The summed E-state index contributed by atoms with van der Waals surface area (Å²) in [5, 5.41) is 5.08. The number of nitrogens with zero attached hydrogens (tertiary/aromatic N) is 2. The monoisotopic (exact) mass is 273 g/mol. The zero-order chi connectivity index (χ0) is 13.8. The average Bonchev–Trinajstić information content (AvgIpc) is 2.65. The van der Waals surface area contributed by atoms with Gasteiger partial charge in [-0.25, -0.2) is 0 Å². The van der Waals surface area contributed by atoms with Gasteiger partial charge >= 0.3 is 0 Å². The molecule has 104 valence electrons. The summed E-state index contributed by atoms with van der Waals surface area (Å²) in [6.45, 7) is 7.21. The van der Waals surface area contributed by atoms with Gasteiger partial charge in [-0.05, 0) is 19.3 Å². The minimum atomic E-state index is -0.237. The van der Waals surface area contributed by atoms with E-state index < -0.39 is 0 Å². The van der Waals surface area contributed by atoms with Crippen LogP contribution in [0.4, 0.5) is 0 Å². The molecule has 0 saturated carbocycles. The third-order valence-electron chi connectivity index (χ3n) is 3.54. The standard InChI is InChI=1S/C13H24ClN3O/c1-5-10-12(14)11(17(4)16-10)8-18-9-13(15,6-2)7-3/h5-9,15H2,1-4H3. The van der Waals surface area contributed by atoms with Crippen LogP contribution in [0.2, 0.25) is 5.02 Å². The number of ether oxygens (including phenoxy) is 1. The first kappa shape index (κ1) is 15.5. The Bertz CT molecular complexity index is 386. The van der Waals surface area contributed by atoms with Gasteiger partial charge in [0.25, 0.3) is 0 Å². The van der Waals surface area contributed by atoms with E-state index in [-0.39, 0.29) is 5.54 Å². The molecule has 5 heteroatoms. The van der Waals surface area contributed by atoms with Gasteiger partial charge in [0.2, 0.25) is 0 Å². The number of hydrogen-bond donors (Lipinski definition) is 1. The number of rotatable bonds is 7. The van der Waals surface area contributed by atoms with Gasteiger partial charge in [-0.2, -0.15) is 5.10 Å². The fourth-order valence-electron chi connectivity index (χ4n) is 1.78. The van der Waals surface area contributed by atoms with Gasteiger partial charge in [-0.3, -0.25) is 4.68 Å². The fourth-order valence-corrected chi connectivity index (χ4v) is 2.13. The van der Waals surface area contributed by atoms with E-state index in [4.69, 9.17) is 22.1 Å². The maximum absolute atomic E-state index is 6.25. The van der Waals surface area contributed by atoms with Crippen LogP contribution < -0.4 is 5.73 Å². The first-order chi connectivity index (χ1) is 8.47. The lowest BCUT2D eigenvalue weighted by Gasteiger charge is -2.26. The van der Waals surface area contributed by atoms with E-state index in [2.05, 4.69) is 18.9 Å². The van der Waals surface area contributed by atoms with Crippen LogP contribution >= 0.6 is 11.6 Å². The van der Waals surface area contributed by atoms with Gasteiger partial charge in [-0.15, -0.1) is 0 Å². The number of nitrogens with two attached hydrogens (primary N) is 1. The van der Waals surface area contributed by atoms with E-state index >= 15 is 0 Å². The second-order valence-electron chi connectivity index (χ2n) is 4.75. The molecular formula is C13H24ClN3O. The molecule has 0 atom stereocenters. The summed E-state index contributed by atoms with van der Waals surface area (Å²) in [4.78, 5) is 0. The van der Waals surface area contributed by atoms with Crippen molar-refractivity contribution in [2.75, 3.05) is 6.61 Å². The molecular weight excluding hydrogens is 250 g/mol. The van der Waals surface area contributed by atoms with Gasteiger partial charge < -0.3 is 10.5 Å². The molecule has 1 rings (SSSR count). The van der Waals surface area contributed by atoms with Gasteiger partial charge in [0.15, 0.2) is 0 Å². The van der Waals surface area contributed by atoms with Crippen LogP contribution in [0.5, 0.6) is 0 Å². The lowest BCUT2D eigenvalue weighted by Crippen LogP contribution is -2.43. The first-order valence-electron chi connectivity index (χ1n) is 6.54. The topological polar surface area (TPSA) is 53.1 Å². The summed E-state index contributed by atoms with van der Waals surface area (Å²) in [6, 6.07) is 0. The normalized spacial score (nSPS) is 12.1. The highest BCUT2D eigenvalue weighted by Gasteiger charge is 2.21. The second-order valence-corrected chi connectivity index (χ2v) is 5.12. The Morgan fingerprint density at radius 3 is 2.39 bits per heavy atom. The van der Waals surface area contributed by atoms with Crippen LogP contribution in [0.25, 0.3) is 0 Å². The summed E-state index contributed by atoms with van der Waals surface area (Å²) in [5.41, 5.74) is 7.79. The summed E-state index contributed by atoms with van der Waals surface area (Å²) < 4.78 is 7.50. The van der Waals surface area contributed by atoms with Crippen LogP contribution in [0.3, 0.4) is 0 Å². The van der Waals surface area contributed by atoms with Crippen molar-refractivity contribution in [3.8, 4) is 0 Å². The maximum Gasteiger partial charge on any atom is 0.0900 e. The molecule has 0 amide bonds. The molecule has 0 aromatic carbocycles. The summed E-state index contributed by atoms with van der Waals surface area (Å²) >= 11 is 6.25. The van der Waals surface area contributed by atoms with E-state index in [1.165, 1.54) is 0 Å². The Labute approximate surface area is 114 Å². The summed E-state index contributed by atoms with van der Waals surface area (Å²) in [5.74, 6) is 0. The molecule has 4 nitrogen and oxygen atoms in total. The van der Waals surface area contributed by atoms with E-state index in [1.54, 1.807) is 4.68 Å². The molecule has 1 heterocycles. The van der Waals surface area contributed by atoms with Gasteiger partial charge in [0, 0.05) is 12.6 Å². The Kier molecular flexibility index (Phi) is 5.63. The van der Waals surface area contributed by atoms with Crippen LogP contribution in [-0.2, 0) is 24.8 Å². The SMILES string of the molecule is CCc1nn(C)c(COCC(N)(CC)CC)c1Cl. The van der Waals surface area contributed by atoms with E-state index in [0.717, 1.165) is 35.7 Å². The molecule has 0 saturated heterocycles. The third-order valence-corrected chi connectivity index (χ3v) is 3.98. The van der Waals surface area contributed by atoms with Crippen LogP contribution in [0, 0.1) is 0 Å². The van der Waals surface area contributed by atoms with Crippen LogP contribution in [0.1, 0.15) is 45.0 Å². The number of aromatic nitrogens is 2. The highest BCUT2D eigenvalue weighted by atomic mass is 35.5. The Morgan fingerprint density at radius 2 is 1.94 bits per heavy atom. The maximum atomic E-state index is 6.25. The van der Waals surface area contributed by atoms with Gasteiger partial charge in [0.05, 0.1) is 29.6 Å². The van der Waals surface area contributed by atoms with Crippen molar-refractivity contribution in [3.63, 3.8) is 0 Å². The van der Waals surface area contributed by atoms with Crippen molar-refractivity contribution in [1.82, 2.24) is 9.78 Å². The van der Waals surface area contributed by atoms with E-state index in [9.17, 15) is 0 Å². The molecule has 0 aliphatic carbocycles. The molecule has 0 aliphatic heterocycles. The number of hydrogen-bond acceptors (Lipinski definition) is 3. The van der Waals surface area contributed by atoms with Crippen molar-refractivity contribution >= 4 is 11.6 Å². The number of halogens is 1. The van der Waals surface area contributed by atoms with E-state index in [0.29, 0.717) is 13.2 Å². The predicted molar refractivity (Wildman–Crippen MR) is 74.8 cm³/mol. The second kappa shape index (κ2) is 6.55. The largest absolute Gasteiger partial charge is 0.373 e. The van der Waals surface area contributed by atoms with Crippen molar-refractivity contribution in [3.05, 3.63) is 16.4 Å². The zero-order valence-corrected chi connectivity index (χ0v) is 12.5. The highest BCUT2D eigenvalue weighted by molar-refractivity contribution is 6.31. The molecule has 1 aromatic rings. The molecule has 2 N–H and O–H groups in total. The van der Waals surface area contributed by atoms with Crippen molar-refractivity contribution in [2.24, 2.45) is 12.8 Å². The zero-order valence-electron chi connectivity index (χ0n) is 11.8. The van der Waals surface area contributed by atoms with Crippen LogP contribution in [0.15, 0.2) is 0 Å². The third kappa shape index (κ3) is 3.46. The molecule has 1 aromatic heterocycles. The minimum absolute atomic E-state index is 0.237. The molecule has 0 fully saturated rings. The molecule has 0 unspecified atom stereocenters. The number of aryl methyl sites for hydroxylation is 2. The Balaban J connectivity index is 2.62. The fraction of sp³-hybridized carbons (Fsp3) is 0.769. The van der Waals surface area contributed by atoms with Crippen molar-refractivity contribution < 1.29 is 4.74 Å². The lowest BCUT2D eigenvalue weighted by atomic mass is 9.96. The smallest absolute Gasteiger partial charge is 0.0900 e.